The number of aryl methyl sites for hydroxylation is 1. The number of aliphatic carboxylic acids is 1. The summed E-state index contributed by atoms with van der Waals surface area (Å²) >= 11 is 0. The van der Waals surface area contributed by atoms with Crippen LogP contribution in [0.2, 0.25) is 0 Å². The van der Waals surface area contributed by atoms with Crippen LogP contribution in [0.5, 0.6) is 0 Å². The van der Waals surface area contributed by atoms with Gasteiger partial charge in [0.25, 0.3) is 0 Å². The van der Waals surface area contributed by atoms with E-state index >= 15 is 0 Å². The van der Waals surface area contributed by atoms with Gasteiger partial charge in [-0.1, -0.05) is 0 Å². The predicted octanol–water partition coefficient (Wildman–Crippen LogP) is 1.17. The number of carboxylic acids is 1. The minimum Gasteiger partial charge on any atom is -0.481 e. The van der Waals surface area contributed by atoms with Crippen molar-refractivity contribution in [3.63, 3.8) is 0 Å². The van der Waals surface area contributed by atoms with E-state index in [1.165, 1.54) is 19.4 Å². The third-order valence-electron chi connectivity index (χ3n) is 4.52. The van der Waals surface area contributed by atoms with Crippen molar-refractivity contribution in [3.8, 4) is 0 Å². The summed E-state index contributed by atoms with van der Waals surface area (Å²) in [6, 6.07) is 0.604. The van der Waals surface area contributed by atoms with E-state index < -0.39 is 5.97 Å². The molecule has 3 rings (SSSR count). The van der Waals surface area contributed by atoms with Crippen molar-refractivity contribution in [2.45, 2.75) is 44.7 Å². The molecule has 2 aliphatic rings. The summed E-state index contributed by atoms with van der Waals surface area (Å²) in [6.07, 6.45) is 6.94. The Morgan fingerprint density at radius 2 is 2.32 bits per heavy atom. The summed E-state index contributed by atoms with van der Waals surface area (Å²) < 4.78 is 2.14. The third-order valence-corrected chi connectivity index (χ3v) is 4.52. The highest BCUT2D eigenvalue weighted by Crippen LogP contribution is 2.23. The van der Waals surface area contributed by atoms with Gasteiger partial charge in [0.2, 0.25) is 0 Å². The van der Waals surface area contributed by atoms with Gasteiger partial charge in [-0.05, 0) is 32.9 Å². The van der Waals surface area contributed by atoms with Gasteiger partial charge in [0.1, 0.15) is 5.82 Å². The Morgan fingerprint density at radius 3 is 3.00 bits per heavy atom. The fourth-order valence-electron chi connectivity index (χ4n) is 3.27. The van der Waals surface area contributed by atoms with Gasteiger partial charge < -0.3 is 14.6 Å². The molecule has 1 N–H and O–H groups in total. The number of imidazole rings is 1. The molecule has 5 nitrogen and oxygen atoms in total. The molecule has 0 bridgehead atoms. The van der Waals surface area contributed by atoms with Crippen LogP contribution in [-0.2, 0) is 24.2 Å². The summed E-state index contributed by atoms with van der Waals surface area (Å²) in [5, 5.41) is 9.09. The molecule has 3 heterocycles. The van der Waals surface area contributed by atoms with Gasteiger partial charge in [-0.3, -0.25) is 4.79 Å². The molecule has 1 aromatic rings. The fraction of sp³-hybridized carbons (Fsp3) is 0.714. The Balaban J connectivity index is 1.71. The van der Waals surface area contributed by atoms with E-state index in [1.807, 2.05) is 0 Å². The maximum absolute atomic E-state index is 11.0. The van der Waals surface area contributed by atoms with Gasteiger partial charge in [-0.25, -0.2) is 4.98 Å². The molecule has 2 unspecified atom stereocenters. The Labute approximate surface area is 113 Å². The second-order valence-electron chi connectivity index (χ2n) is 5.85. The molecule has 0 aromatic carbocycles. The van der Waals surface area contributed by atoms with Gasteiger partial charge in [0.15, 0.2) is 0 Å². The number of hydrogen-bond acceptors (Lipinski definition) is 3. The summed E-state index contributed by atoms with van der Waals surface area (Å²) in [6.45, 7) is 1.97. The first-order valence-electron chi connectivity index (χ1n) is 7.11. The Bertz CT molecular complexity index is 483. The molecule has 2 atom stereocenters. The van der Waals surface area contributed by atoms with Crippen LogP contribution in [-0.4, -0.2) is 45.2 Å². The normalized spacial score (nSPS) is 27.4. The van der Waals surface area contributed by atoms with Crippen LogP contribution in [0, 0.1) is 5.92 Å². The molecule has 2 aliphatic heterocycles. The molecule has 0 saturated carbocycles. The molecule has 0 spiro atoms. The lowest BCUT2D eigenvalue weighted by atomic mass is 9.98. The quantitative estimate of drug-likeness (QED) is 0.889. The summed E-state index contributed by atoms with van der Waals surface area (Å²) in [7, 11) is 2.17. The van der Waals surface area contributed by atoms with Crippen LogP contribution in [0.15, 0.2) is 6.20 Å². The van der Waals surface area contributed by atoms with Crippen molar-refractivity contribution in [1.29, 1.82) is 0 Å². The Morgan fingerprint density at radius 1 is 1.47 bits per heavy atom. The Kier molecular flexibility index (Phi) is 3.31. The third kappa shape index (κ3) is 2.52. The van der Waals surface area contributed by atoms with Crippen LogP contribution >= 0.6 is 0 Å². The maximum Gasteiger partial charge on any atom is 0.307 e. The molecular weight excluding hydrogens is 242 g/mol. The number of fused-ring (bicyclic) bond motifs is 1. The van der Waals surface area contributed by atoms with Gasteiger partial charge in [0.05, 0.1) is 11.6 Å². The zero-order valence-electron chi connectivity index (χ0n) is 11.4. The number of aromatic nitrogens is 2. The monoisotopic (exact) mass is 263 g/mol. The second-order valence-corrected chi connectivity index (χ2v) is 5.85. The smallest absolute Gasteiger partial charge is 0.307 e. The lowest BCUT2D eigenvalue weighted by Crippen LogP contribution is -2.26. The average Bonchev–Trinajstić information content (AvgIpc) is 2.95. The number of rotatable bonds is 3. The molecule has 1 fully saturated rings. The fourth-order valence-corrected chi connectivity index (χ4v) is 3.27. The predicted molar refractivity (Wildman–Crippen MR) is 71.0 cm³/mol. The van der Waals surface area contributed by atoms with E-state index in [2.05, 4.69) is 27.7 Å². The lowest BCUT2D eigenvalue weighted by Gasteiger charge is -2.19. The number of carboxylic acid groups (broad SMARTS) is 1. The van der Waals surface area contributed by atoms with Crippen molar-refractivity contribution in [2.75, 3.05) is 13.6 Å². The number of likely N-dealkylation sites (tertiary alicyclic amines) is 1. The average molecular weight is 263 g/mol. The zero-order valence-corrected chi connectivity index (χ0v) is 11.4. The maximum atomic E-state index is 11.0. The first kappa shape index (κ1) is 12.7. The molecule has 1 saturated heterocycles. The molecular formula is C14H21N3O2. The van der Waals surface area contributed by atoms with Crippen molar-refractivity contribution in [1.82, 2.24) is 14.5 Å². The van der Waals surface area contributed by atoms with Gasteiger partial charge in [-0.15, -0.1) is 0 Å². The molecule has 1 aromatic heterocycles. The van der Waals surface area contributed by atoms with E-state index in [-0.39, 0.29) is 5.92 Å². The SMILES string of the molecule is CN1CCCC1Cc1cn2c(n1)CC(C(=O)O)CC2. The first-order valence-corrected chi connectivity index (χ1v) is 7.11. The van der Waals surface area contributed by atoms with Crippen LogP contribution in [0.3, 0.4) is 0 Å². The van der Waals surface area contributed by atoms with Gasteiger partial charge in [-0.2, -0.15) is 0 Å². The minimum absolute atomic E-state index is 0.253. The molecule has 104 valence electrons. The highest BCUT2D eigenvalue weighted by molar-refractivity contribution is 5.70. The Hall–Kier alpha value is -1.36. The van der Waals surface area contributed by atoms with Crippen molar-refractivity contribution in [3.05, 3.63) is 17.7 Å². The van der Waals surface area contributed by atoms with Crippen LogP contribution in [0.1, 0.15) is 30.8 Å². The van der Waals surface area contributed by atoms with E-state index in [4.69, 9.17) is 5.11 Å². The number of likely N-dealkylation sites (N-methyl/N-ethyl adjacent to an activating group) is 1. The van der Waals surface area contributed by atoms with E-state index in [0.717, 1.165) is 30.9 Å². The molecule has 0 radical (unpaired) electrons. The van der Waals surface area contributed by atoms with Crippen LogP contribution in [0.25, 0.3) is 0 Å². The van der Waals surface area contributed by atoms with Gasteiger partial charge in [0, 0.05) is 31.6 Å². The molecule has 5 heteroatoms. The summed E-state index contributed by atoms with van der Waals surface area (Å²) in [5.41, 5.74) is 1.12. The summed E-state index contributed by atoms with van der Waals surface area (Å²) in [4.78, 5) is 18.1. The first-order chi connectivity index (χ1) is 9.13. The zero-order chi connectivity index (χ0) is 13.4. The number of nitrogens with zero attached hydrogens (tertiary/aromatic N) is 3. The van der Waals surface area contributed by atoms with Crippen molar-refractivity contribution < 1.29 is 9.90 Å². The van der Waals surface area contributed by atoms with Crippen molar-refractivity contribution in [2.24, 2.45) is 5.92 Å². The molecule has 0 amide bonds. The molecule has 19 heavy (non-hydrogen) atoms. The largest absolute Gasteiger partial charge is 0.481 e. The van der Waals surface area contributed by atoms with Crippen LogP contribution < -0.4 is 0 Å². The second kappa shape index (κ2) is 4.96. The highest BCUT2D eigenvalue weighted by Gasteiger charge is 2.27. The number of carbonyl (C=O) groups is 1. The molecule has 0 aliphatic carbocycles. The van der Waals surface area contributed by atoms with E-state index in [0.29, 0.717) is 12.5 Å². The minimum atomic E-state index is -0.689. The highest BCUT2D eigenvalue weighted by atomic mass is 16.4. The van der Waals surface area contributed by atoms with Crippen molar-refractivity contribution >= 4 is 5.97 Å². The van der Waals surface area contributed by atoms with Crippen LogP contribution in [0.4, 0.5) is 0 Å². The topological polar surface area (TPSA) is 58.4 Å². The van der Waals surface area contributed by atoms with Gasteiger partial charge >= 0.3 is 5.97 Å². The number of hydrogen-bond donors (Lipinski definition) is 1. The van der Waals surface area contributed by atoms with E-state index in [9.17, 15) is 4.79 Å². The summed E-state index contributed by atoms with van der Waals surface area (Å²) in [5.74, 6) is 0.0116. The standard InChI is InChI=1S/C14H21N3O2/c1-16-5-2-3-12(16)8-11-9-17-6-4-10(14(18)19)7-13(17)15-11/h9-10,12H,2-8H2,1H3,(H,18,19). The van der Waals surface area contributed by atoms with E-state index in [1.54, 1.807) is 0 Å². The lowest BCUT2D eigenvalue weighted by molar-refractivity contribution is -0.142.